The Morgan fingerprint density at radius 1 is 0.556 bits per heavy atom. The minimum atomic E-state index is -1.16. The van der Waals surface area contributed by atoms with Crippen LogP contribution in [-0.4, -0.2) is 36.8 Å². The summed E-state index contributed by atoms with van der Waals surface area (Å²) in [5.74, 6) is -2.28. The molecule has 0 aromatic heterocycles. The standard InChI is InChI=1S/C26H34N4O6/c1-3-5-7-17-35-21-13-9-19(10-14-21)23(31)27-29-25(33)26(34)30-28-24(32)20-11-15-22(16-12-20)36-18-8-6-4-2/h9-16H,3-8,17-18H2,1-2H3,(H,27,31)(H,28,32)(H,29,33)(H,30,34). The van der Waals surface area contributed by atoms with Crippen LogP contribution in [0.4, 0.5) is 0 Å². The van der Waals surface area contributed by atoms with Crippen molar-refractivity contribution in [3.05, 3.63) is 59.7 Å². The molecule has 0 atom stereocenters. The normalized spacial score (nSPS) is 10.2. The molecule has 0 saturated heterocycles. The summed E-state index contributed by atoms with van der Waals surface area (Å²) in [4.78, 5) is 48.2. The SMILES string of the molecule is CCCCCOc1ccc(C(=O)NNC(=O)C(=O)NNC(=O)c2ccc(OCCCCC)cc2)cc1. The van der Waals surface area contributed by atoms with Crippen LogP contribution >= 0.6 is 0 Å². The van der Waals surface area contributed by atoms with Gasteiger partial charge in [-0.05, 0) is 61.4 Å². The maximum atomic E-state index is 12.2. The number of unbranched alkanes of at least 4 members (excludes halogenated alkanes) is 4. The first kappa shape index (κ1) is 28.2. The molecule has 0 aliphatic rings. The molecule has 0 spiro atoms. The minimum absolute atomic E-state index is 0.266. The van der Waals surface area contributed by atoms with Gasteiger partial charge in [0, 0.05) is 11.1 Å². The van der Waals surface area contributed by atoms with Crippen molar-refractivity contribution >= 4 is 23.6 Å². The molecule has 2 aromatic rings. The molecule has 4 amide bonds. The van der Waals surface area contributed by atoms with Crippen LogP contribution < -0.4 is 31.2 Å². The summed E-state index contributed by atoms with van der Waals surface area (Å²) in [6, 6.07) is 12.8. The highest BCUT2D eigenvalue weighted by Gasteiger charge is 2.16. The second kappa shape index (κ2) is 15.8. The minimum Gasteiger partial charge on any atom is -0.494 e. The predicted octanol–water partition coefficient (Wildman–Crippen LogP) is 3.05. The van der Waals surface area contributed by atoms with Gasteiger partial charge in [0.1, 0.15) is 11.5 Å². The molecule has 10 heteroatoms. The van der Waals surface area contributed by atoms with E-state index < -0.39 is 23.6 Å². The Balaban J connectivity index is 1.71. The molecule has 10 nitrogen and oxygen atoms in total. The Labute approximate surface area is 211 Å². The zero-order valence-corrected chi connectivity index (χ0v) is 20.7. The Morgan fingerprint density at radius 2 is 0.917 bits per heavy atom. The monoisotopic (exact) mass is 498 g/mol. The third-order valence-electron chi connectivity index (χ3n) is 5.05. The van der Waals surface area contributed by atoms with E-state index in [0.29, 0.717) is 24.7 Å². The number of hydrazine groups is 2. The highest BCUT2D eigenvalue weighted by Crippen LogP contribution is 2.14. The largest absolute Gasteiger partial charge is 0.494 e. The van der Waals surface area contributed by atoms with Crippen molar-refractivity contribution in [3.63, 3.8) is 0 Å². The van der Waals surface area contributed by atoms with Crippen molar-refractivity contribution in [2.75, 3.05) is 13.2 Å². The van der Waals surface area contributed by atoms with Gasteiger partial charge in [0.25, 0.3) is 11.8 Å². The van der Waals surface area contributed by atoms with Gasteiger partial charge in [0.05, 0.1) is 13.2 Å². The number of rotatable bonds is 12. The van der Waals surface area contributed by atoms with E-state index in [0.717, 1.165) is 38.5 Å². The van der Waals surface area contributed by atoms with Crippen molar-refractivity contribution in [1.29, 1.82) is 0 Å². The fraction of sp³-hybridized carbons (Fsp3) is 0.385. The lowest BCUT2D eigenvalue weighted by Crippen LogP contribution is -2.52. The van der Waals surface area contributed by atoms with Gasteiger partial charge in [-0.1, -0.05) is 39.5 Å². The average molecular weight is 499 g/mol. The molecule has 0 fully saturated rings. The summed E-state index contributed by atoms with van der Waals surface area (Å²) >= 11 is 0. The highest BCUT2D eigenvalue weighted by molar-refractivity contribution is 6.35. The lowest BCUT2D eigenvalue weighted by Gasteiger charge is -2.10. The molecule has 2 rings (SSSR count). The summed E-state index contributed by atoms with van der Waals surface area (Å²) in [6.07, 6.45) is 6.27. The molecule has 0 radical (unpaired) electrons. The molecule has 0 aliphatic heterocycles. The van der Waals surface area contributed by atoms with Crippen molar-refractivity contribution in [2.24, 2.45) is 0 Å². The molecule has 0 saturated carbocycles. The maximum absolute atomic E-state index is 12.2. The Bertz CT molecular complexity index is 911. The number of amides is 4. The zero-order chi connectivity index (χ0) is 26.2. The van der Waals surface area contributed by atoms with Gasteiger partial charge >= 0.3 is 11.8 Å². The molecular formula is C26H34N4O6. The smallest absolute Gasteiger partial charge is 0.329 e. The first-order chi connectivity index (χ1) is 17.4. The van der Waals surface area contributed by atoms with Crippen molar-refractivity contribution in [3.8, 4) is 11.5 Å². The first-order valence-corrected chi connectivity index (χ1v) is 12.1. The molecule has 0 unspecified atom stereocenters. The van der Waals surface area contributed by atoms with Crippen molar-refractivity contribution < 1.29 is 28.7 Å². The first-order valence-electron chi connectivity index (χ1n) is 12.1. The van der Waals surface area contributed by atoms with E-state index in [-0.39, 0.29) is 11.1 Å². The van der Waals surface area contributed by atoms with Crippen LogP contribution in [0, 0.1) is 0 Å². The van der Waals surface area contributed by atoms with Crippen molar-refractivity contribution in [2.45, 2.75) is 52.4 Å². The van der Waals surface area contributed by atoms with Crippen LogP contribution in [0.15, 0.2) is 48.5 Å². The number of nitrogens with one attached hydrogen (secondary N) is 4. The van der Waals surface area contributed by atoms with Gasteiger partial charge in [-0.3, -0.25) is 40.9 Å². The number of benzene rings is 2. The van der Waals surface area contributed by atoms with E-state index in [2.05, 4.69) is 24.7 Å². The van der Waals surface area contributed by atoms with Gasteiger partial charge in [0.2, 0.25) is 0 Å². The number of hydrogen-bond acceptors (Lipinski definition) is 6. The molecule has 0 bridgehead atoms. The van der Waals surface area contributed by atoms with Crippen LogP contribution in [0.5, 0.6) is 11.5 Å². The number of carbonyl (C=O) groups is 4. The third-order valence-corrected chi connectivity index (χ3v) is 5.05. The number of carbonyl (C=O) groups excluding carboxylic acids is 4. The van der Waals surface area contributed by atoms with Crippen LogP contribution in [0.25, 0.3) is 0 Å². The van der Waals surface area contributed by atoms with E-state index in [9.17, 15) is 19.2 Å². The Hall–Kier alpha value is -4.08. The Kier molecular flexibility index (Phi) is 12.3. The fourth-order valence-electron chi connectivity index (χ4n) is 2.97. The third kappa shape index (κ3) is 10.0. The second-order valence-electron chi connectivity index (χ2n) is 7.98. The average Bonchev–Trinajstić information content (AvgIpc) is 2.91. The quantitative estimate of drug-likeness (QED) is 0.202. The lowest BCUT2D eigenvalue weighted by atomic mass is 10.2. The van der Waals surface area contributed by atoms with Crippen LogP contribution in [0.2, 0.25) is 0 Å². The summed E-state index contributed by atoms with van der Waals surface area (Å²) < 4.78 is 11.2. The van der Waals surface area contributed by atoms with E-state index in [1.54, 1.807) is 48.5 Å². The molecule has 4 N–H and O–H groups in total. The topological polar surface area (TPSA) is 135 Å². The van der Waals surface area contributed by atoms with Gasteiger partial charge in [-0.15, -0.1) is 0 Å². The molecule has 0 heterocycles. The van der Waals surface area contributed by atoms with Crippen LogP contribution in [0.3, 0.4) is 0 Å². The lowest BCUT2D eigenvalue weighted by molar-refractivity contribution is -0.140. The zero-order valence-electron chi connectivity index (χ0n) is 20.7. The summed E-state index contributed by atoms with van der Waals surface area (Å²) in [7, 11) is 0. The van der Waals surface area contributed by atoms with E-state index in [4.69, 9.17) is 9.47 Å². The fourth-order valence-corrected chi connectivity index (χ4v) is 2.97. The summed E-state index contributed by atoms with van der Waals surface area (Å²) in [6.45, 7) is 5.41. The van der Waals surface area contributed by atoms with Crippen LogP contribution in [0.1, 0.15) is 73.1 Å². The predicted molar refractivity (Wildman–Crippen MR) is 134 cm³/mol. The maximum Gasteiger partial charge on any atom is 0.329 e. The highest BCUT2D eigenvalue weighted by atomic mass is 16.5. The molecule has 0 aliphatic carbocycles. The number of hydrogen-bond donors (Lipinski definition) is 4. The van der Waals surface area contributed by atoms with Gasteiger partial charge in [-0.25, -0.2) is 0 Å². The van der Waals surface area contributed by atoms with Gasteiger partial charge in [-0.2, -0.15) is 0 Å². The van der Waals surface area contributed by atoms with Gasteiger partial charge < -0.3 is 9.47 Å². The van der Waals surface area contributed by atoms with E-state index in [1.807, 2.05) is 10.9 Å². The van der Waals surface area contributed by atoms with Crippen LogP contribution in [-0.2, 0) is 9.59 Å². The van der Waals surface area contributed by atoms with Gasteiger partial charge in [0.15, 0.2) is 0 Å². The summed E-state index contributed by atoms with van der Waals surface area (Å²) in [5, 5.41) is 0. The summed E-state index contributed by atoms with van der Waals surface area (Å²) in [5.41, 5.74) is 8.80. The number of ether oxygens (including phenoxy) is 2. The van der Waals surface area contributed by atoms with E-state index >= 15 is 0 Å². The van der Waals surface area contributed by atoms with E-state index in [1.165, 1.54) is 0 Å². The molecule has 194 valence electrons. The molecule has 2 aromatic carbocycles. The van der Waals surface area contributed by atoms with Crippen molar-refractivity contribution in [1.82, 2.24) is 21.7 Å². The second-order valence-corrected chi connectivity index (χ2v) is 7.98. The molecule has 36 heavy (non-hydrogen) atoms. The Morgan fingerprint density at radius 3 is 1.25 bits per heavy atom. The molecular weight excluding hydrogens is 464 g/mol.